The standard InChI is InChI=1S/C15H18F3N3O3/c16-15(17,18)11-1-3-12(4-2-11)21-7-5-20(6-8-21)10-13(22)19-9-14(23)24/h1-4H,5-10H2,(H,19,22)(H,23,24). The maximum atomic E-state index is 12.6. The largest absolute Gasteiger partial charge is 0.480 e. The van der Waals surface area contributed by atoms with Gasteiger partial charge >= 0.3 is 12.1 Å². The van der Waals surface area contributed by atoms with Gasteiger partial charge in [-0.15, -0.1) is 0 Å². The Balaban J connectivity index is 1.82. The van der Waals surface area contributed by atoms with Crippen LogP contribution in [0.5, 0.6) is 0 Å². The highest BCUT2D eigenvalue weighted by Crippen LogP contribution is 2.30. The Morgan fingerprint density at radius 3 is 2.17 bits per heavy atom. The van der Waals surface area contributed by atoms with Gasteiger partial charge in [0.1, 0.15) is 6.54 Å². The van der Waals surface area contributed by atoms with Gasteiger partial charge < -0.3 is 15.3 Å². The molecule has 0 aliphatic carbocycles. The predicted molar refractivity (Wildman–Crippen MR) is 80.7 cm³/mol. The summed E-state index contributed by atoms with van der Waals surface area (Å²) in [7, 11) is 0. The minimum atomic E-state index is -4.35. The van der Waals surface area contributed by atoms with Gasteiger partial charge in [-0.05, 0) is 24.3 Å². The number of halogens is 3. The number of amides is 1. The Hall–Kier alpha value is -2.29. The van der Waals surface area contributed by atoms with Crippen LogP contribution in [-0.2, 0) is 15.8 Å². The van der Waals surface area contributed by atoms with Crippen molar-refractivity contribution in [3.63, 3.8) is 0 Å². The maximum Gasteiger partial charge on any atom is 0.416 e. The number of carboxylic acid groups (broad SMARTS) is 1. The highest BCUT2D eigenvalue weighted by atomic mass is 19.4. The fourth-order valence-corrected chi connectivity index (χ4v) is 2.46. The molecular weight excluding hydrogens is 327 g/mol. The van der Waals surface area contributed by atoms with E-state index in [4.69, 9.17) is 5.11 Å². The Kier molecular flexibility index (Phi) is 5.66. The van der Waals surface area contributed by atoms with E-state index in [0.29, 0.717) is 31.9 Å². The quantitative estimate of drug-likeness (QED) is 0.834. The van der Waals surface area contributed by atoms with Crippen molar-refractivity contribution in [1.29, 1.82) is 0 Å². The van der Waals surface area contributed by atoms with Crippen LogP contribution in [0, 0.1) is 0 Å². The Labute approximate surface area is 136 Å². The lowest BCUT2D eigenvalue weighted by molar-refractivity contribution is -0.138. The van der Waals surface area contributed by atoms with Crippen molar-refractivity contribution in [3.05, 3.63) is 29.8 Å². The first-order valence-corrected chi connectivity index (χ1v) is 7.39. The van der Waals surface area contributed by atoms with Gasteiger partial charge in [0.05, 0.1) is 12.1 Å². The number of hydrogen-bond acceptors (Lipinski definition) is 4. The van der Waals surface area contributed by atoms with Crippen LogP contribution in [0.15, 0.2) is 24.3 Å². The number of rotatable bonds is 5. The summed E-state index contributed by atoms with van der Waals surface area (Å²) in [6, 6.07) is 5.00. The SMILES string of the molecule is O=C(O)CNC(=O)CN1CCN(c2ccc(C(F)(F)F)cc2)CC1. The van der Waals surface area contributed by atoms with Gasteiger partial charge in [0.25, 0.3) is 0 Å². The van der Waals surface area contributed by atoms with E-state index < -0.39 is 24.3 Å². The highest BCUT2D eigenvalue weighted by molar-refractivity contribution is 5.82. The molecule has 0 saturated carbocycles. The van der Waals surface area contributed by atoms with E-state index in [1.807, 2.05) is 9.80 Å². The van der Waals surface area contributed by atoms with Gasteiger partial charge in [0, 0.05) is 31.9 Å². The zero-order valence-corrected chi connectivity index (χ0v) is 12.8. The van der Waals surface area contributed by atoms with Crippen molar-refractivity contribution in [2.75, 3.05) is 44.2 Å². The molecule has 1 heterocycles. The summed E-state index contributed by atoms with van der Waals surface area (Å²) in [6.07, 6.45) is -4.35. The number of aliphatic carboxylic acids is 1. The van der Waals surface area contributed by atoms with E-state index in [2.05, 4.69) is 5.32 Å². The molecule has 0 radical (unpaired) electrons. The number of carboxylic acids is 1. The van der Waals surface area contributed by atoms with Crippen LogP contribution in [-0.4, -0.2) is 61.2 Å². The lowest BCUT2D eigenvalue weighted by Gasteiger charge is -2.35. The van der Waals surface area contributed by atoms with Crippen LogP contribution in [0.2, 0.25) is 0 Å². The first kappa shape index (κ1) is 18.1. The van der Waals surface area contributed by atoms with Crippen LogP contribution in [0.4, 0.5) is 18.9 Å². The molecule has 6 nitrogen and oxygen atoms in total. The maximum absolute atomic E-state index is 12.6. The molecule has 0 atom stereocenters. The van der Waals surface area contributed by atoms with E-state index in [1.165, 1.54) is 12.1 Å². The Morgan fingerprint density at radius 1 is 1.08 bits per heavy atom. The third-order valence-electron chi connectivity index (χ3n) is 3.74. The summed E-state index contributed by atoms with van der Waals surface area (Å²) in [4.78, 5) is 25.8. The van der Waals surface area contributed by atoms with E-state index in [1.54, 1.807) is 0 Å². The third kappa shape index (κ3) is 5.12. The normalized spacial score (nSPS) is 16.0. The highest BCUT2D eigenvalue weighted by Gasteiger charge is 2.30. The number of nitrogens with zero attached hydrogens (tertiary/aromatic N) is 2. The molecule has 1 aromatic carbocycles. The van der Waals surface area contributed by atoms with Crippen molar-refractivity contribution < 1.29 is 27.9 Å². The van der Waals surface area contributed by atoms with Gasteiger partial charge in [-0.1, -0.05) is 0 Å². The summed E-state index contributed by atoms with van der Waals surface area (Å²) in [5, 5.41) is 10.8. The average molecular weight is 345 g/mol. The van der Waals surface area contributed by atoms with E-state index in [-0.39, 0.29) is 12.5 Å². The topological polar surface area (TPSA) is 72.9 Å². The molecule has 1 aromatic rings. The second kappa shape index (κ2) is 7.52. The summed E-state index contributed by atoms with van der Waals surface area (Å²) >= 11 is 0. The number of carbonyl (C=O) groups is 2. The minimum absolute atomic E-state index is 0.105. The molecule has 0 bridgehead atoms. The minimum Gasteiger partial charge on any atom is -0.480 e. The second-order valence-electron chi connectivity index (χ2n) is 5.48. The van der Waals surface area contributed by atoms with Gasteiger partial charge in [-0.25, -0.2) is 0 Å². The monoisotopic (exact) mass is 345 g/mol. The van der Waals surface area contributed by atoms with Crippen molar-refractivity contribution in [2.24, 2.45) is 0 Å². The number of benzene rings is 1. The average Bonchev–Trinajstić information content (AvgIpc) is 2.53. The van der Waals surface area contributed by atoms with E-state index in [0.717, 1.165) is 12.1 Å². The van der Waals surface area contributed by atoms with E-state index in [9.17, 15) is 22.8 Å². The molecule has 2 N–H and O–H groups in total. The molecule has 0 unspecified atom stereocenters. The molecule has 132 valence electrons. The molecule has 1 amide bonds. The van der Waals surface area contributed by atoms with E-state index >= 15 is 0 Å². The van der Waals surface area contributed by atoms with Gasteiger partial charge in [0.2, 0.25) is 5.91 Å². The molecule has 1 aliphatic heterocycles. The van der Waals surface area contributed by atoms with Gasteiger partial charge in [-0.2, -0.15) is 13.2 Å². The molecule has 9 heteroatoms. The number of piperazine rings is 1. The third-order valence-corrected chi connectivity index (χ3v) is 3.74. The van der Waals surface area contributed by atoms with Crippen LogP contribution < -0.4 is 10.2 Å². The molecule has 1 fully saturated rings. The van der Waals surface area contributed by atoms with Crippen molar-refractivity contribution in [3.8, 4) is 0 Å². The first-order valence-electron chi connectivity index (χ1n) is 7.39. The molecule has 2 rings (SSSR count). The zero-order chi connectivity index (χ0) is 17.7. The molecular formula is C15H18F3N3O3. The van der Waals surface area contributed by atoms with Crippen LogP contribution in [0.3, 0.4) is 0 Å². The Morgan fingerprint density at radius 2 is 1.67 bits per heavy atom. The summed E-state index contributed by atoms with van der Waals surface area (Å²) in [5.74, 6) is -1.46. The van der Waals surface area contributed by atoms with Gasteiger partial charge in [-0.3, -0.25) is 14.5 Å². The van der Waals surface area contributed by atoms with Crippen molar-refractivity contribution in [1.82, 2.24) is 10.2 Å². The lowest BCUT2D eigenvalue weighted by Crippen LogP contribution is -2.49. The molecule has 1 saturated heterocycles. The summed E-state index contributed by atoms with van der Waals surface area (Å²) < 4.78 is 37.7. The lowest BCUT2D eigenvalue weighted by atomic mass is 10.1. The van der Waals surface area contributed by atoms with Crippen molar-refractivity contribution >= 4 is 17.6 Å². The van der Waals surface area contributed by atoms with Crippen LogP contribution >= 0.6 is 0 Å². The fourth-order valence-electron chi connectivity index (χ4n) is 2.46. The number of anilines is 1. The fraction of sp³-hybridized carbons (Fsp3) is 0.467. The molecule has 24 heavy (non-hydrogen) atoms. The number of hydrogen-bond donors (Lipinski definition) is 2. The second-order valence-corrected chi connectivity index (χ2v) is 5.48. The summed E-state index contributed by atoms with van der Waals surface area (Å²) in [5.41, 5.74) is 0.0259. The first-order chi connectivity index (χ1) is 11.3. The van der Waals surface area contributed by atoms with Crippen LogP contribution in [0.25, 0.3) is 0 Å². The predicted octanol–water partition coefficient (Wildman–Crippen LogP) is 1.03. The van der Waals surface area contributed by atoms with Crippen molar-refractivity contribution in [2.45, 2.75) is 6.18 Å². The Bertz CT molecular complexity index is 582. The van der Waals surface area contributed by atoms with Gasteiger partial charge in [0.15, 0.2) is 0 Å². The summed E-state index contributed by atoms with van der Waals surface area (Å²) in [6.45, 7) is 2.00. The zero-order valence-electron chi connectivity index (χ0n) is 12.8. The number of alkyl halides is 3. The molecule has 0 spiro atoms. The molecule has 1 aliphatic rings. The number of carbonyl (C=O) groups excluding carboxylic acids is 1. The molecule has 0 aromatic heterocycles. The van der Waals surface area contributed by atoms with Crippen LogP contribution in [0.1, 0.15) is 5.56 Å². The number of nitrogens with one attached hydrogen (secondary N) is 1. The smallest absolute Gasteiger partial charge is 0.416 e.